The highest BCUT2D eigenvalue weighted by Gasteiger charge is 2.07. The minimum atomic E-state index is 0.357. The number of methoxy groups -OCH3 is 1. The lowest BCUT2D eigenvalue weighted by molar-refractivity contribution is 0.178. The number of anilines is 2. The Bertz CT molecular complexity index is 547. The minimum absolute atomic E-state index is 0.357. The van der Waals surface area contributed by atoms with Crippen LogP contribution in [0.15, 0.2) is 30.6 Å². The van der Waals surface area contributed by atoms with E-state index in [2.05, 4.69) is 19.9 Å². The predicted octanol–water partition coefficient (Wildman–Crippen LogP) is 1.28. The van der Waals surface area contributed by atoms with Gasteiger partial charge in [-0.2, -0.15) is 0 Å². The van der Waals surface area contributed by atoms with E-state index in [1.165, 1.54) is 5.56 Å². The van der Waals surface area contributed by atoms with E-state index >= 15 is 0 Å². The fourth-order valence-corrected chi connectivity index (χ4v) is 1.85. The van der Waals surface area contributed by atoms with Crippen LogP contribution in [0.2, 0.25) is 0 Å². The van der Waals surface area contributed by atoms with Crippen molar-refractivity contribution in [3.05, 3.63) is 42.0 Å². The van der Waals surface area contributed by atoms with Crippen molar-refractivity contribution in [2.24, 2.45) is 0 Å². The van der Waals surface area contributed by atoms with Gasteiger partial charge in [-0.15, -0.1) is 0 Å². The maximum atomic E-state index is 5.79. The van der Waals surface area contributed by atoms with Gasteiger partial charge in [0, 0.05) is 39.2 Å². The summed E-state index contributed by atoms with van der Waals surface area (Å²) >= 11 is 0. The quantitative estimate of drug-likeness (QED) is 0.854. The van der Waals surface area contributed by atoms with Crippen molar-refractivity contribution in [2.75, 3.05) is 31.3 Å². The van der Waals surface area contributed by atoms with Gasteiger partial charge in [0.2, 0.25) is 0 Å². The molecular formula is C14H19N5O. The van der Waals surface area contributed by atoms with E-state index in [1.807, 2.05) is 19.2 Å². The molecule has 0 aromatic carbocycles. The van der Waals surface area contributed by atoms with Crippen molar-refractivity contribution >= 4 is 11.6 Å². The normalized spacial score (nSPS) is 10.5. The summed E-state index contributed by atoms with van der Waals surface area (Å²) in [6.07, 6.45) is 4.52. The van der Waals surface area contributed by atoms with E-state index in [0.717, 1.165) is 18.8 Å². The first-order chi connectivity index (χ1) is 9.69. The lowest BCUT2D eigenvalue weighted by Gasteiger charge is -2.19. The van der Waals surface area contributed by atoms with Crippen LogP contribution in [0.1, 0.15) is 11.4 Å². The van der Waals surface area contributed by atoms with E-state index in [9.17, 15) is 0 Å². The lowest BCUT2D eigenvalue weighted by Crippen LogP contribution is -2.22. The van der Waals surface area contributed by atoms with E-state index in [1.54, 1.807) is 25.6 Å². The number of ether oxygens (including phenoxy) is 1. The molecule has 2 heterocycles. The van der Waals surface area contributed by atoms with Gasteiger partial charge in [-0.3, -0.25) is 4.98 Å². The summed E-state index contributed by atoms with van der Waals surface area (Å²) in [7, 11) is 3.60. The third-order valence-electron chi connectivity index (χ3n) is 2.93. The number of nitrogens with zero attached hydrogens (tertiary/aromatic N) is 4. The van der Waals surface area contributed by atoms with Crippen molar-refractivity contribution in [3.8, 4) is 0 Å². The van der Waals surface area contributed by atoms with Crippen LogP contribution in [0, 0.1) is 0 Å². The molecule has 20 heavy (non-hydrogen) atoms. The molecule has 0 bridgehead atoms. The molecule has 0 saturated carbocycles. The Morgan fingerprint density at radius 1 is 1.25 bits per heavy atom. The minimum Gasteiger partial charge on any atom is -0.384 e. The van der Waals surface area contributed by atoms with Gasteiger partial charge in [-0.25, -0.2) is 9.97 Å². The molecule has 106 valence electrons. The Morgan fingerprint density at radius 2 is 2.00 bits per heavy atom. The number of hydrogen-bond donors (Lipinski definition) is 1. The zero-order valence-electron chi connectivity index (χ0n) is 11.8. The smallest absolute Gasteiger partial charge is 0.158 e. The van der Waals surface area contributed by atoms with Crippen LogP contribution in [0.5, 0.6) is 0 Å². The average Bonchev–Trinajstić information content (AvgIpc) is 2.45. The molecule has 0 saturated heterocycles. The van der Waals surface area contributed by atoms with Crippen LogP contribution in [0.4, 0.5) is 11.6 Å². The molecule has 0 aliphatic heterocycles. The highest BCUT2D eigenvalue weighted by Crippen LogP contribution is 2.13. The SMILES string of the molecule is COCc1nc(N)cc(N(C)CCc2ccncc2)n1. The predicted molar refractivity (Wildman–Crippen MR) is 78.4 cm³/mol. The Hall–Kier alpha value is -2.21. The van der Waals surface area contributed by atoms with Crippen molar-refractivity contribution in [1.29, 1.82) is 0 Å². The summed E-state index contributed by atoms with van der Waals surface area (Å²) in [6.45, 7) is 1.20. The molecule has 0 amide bonds. The topological polar surface area (TPSA) is 77.2 Å². The highest BCUT2D eigenvalue weighted by atomic mass is 16.5. The third-order valence-corrected chi connectivity index (χ3v) is 2.93. The van der Waals surface area contributed by atoms with Crippen molar-refractivity contribution in [2.45, 2.75) is 13.0 Å². The van der Waals surface area contributed by atoms with Gasteiger partial charge in [-0.1, -0.05) is 0 Å². The summed E-state index contributed by atoms with van der Waals surface area (Å²) in [5.74, 6) is 1.86. The first kappa shape index (κ1) is 14.2. The molecule has 0 fully saturated rings. The van der Waals surface area contributed by atoms with E-state index in [-0.39, 0.29) is 0 Å². The largest absolute Gasteiger partial charge is 0.384 e. The fourth-order valence-electron chi connectivity index (χ4n) is 1.85. The van der Waals surface area contributed by atoms with Gasteiger partial charge in [0.15, 0.2) is 5.82 Å². The van der Waals surface area contributed by atoms with Crippen molar-refractivity contribution < 1.29 is 4.74 Å². The van der Waals surface area contributed by atoms with Crippen LogP contribution in [-0.4, -0.2) is 35.7 Å². The molecule has 0 spiro atoms. The average molecular weight is 273 g/mol. The summed E-state index contributed by atoms with van der Waals surface area (Å²) in [5.41, 5.74) is 7.03. The molecule has 0 unspecified atom stereocenters. The maximum absolute atomic E-state index is 5.79. The summed E-state index contributed by atoms with van der Waals surface area (Å²) < 4.78 is 5.04. The Labute approximate surface area is 118 Å². The Kier molecular flexibility index (Phi) is 4.84. The Balaban J connectivity index is 2.03. The van der Waals surface area contributed by atoms with Crippen LogP contribution in [-0.2, 0) is 17.8 Å². The third kappa shape index (κ3) is 3.89. The zero-order chi connectivity index (χ0) is 14.4. The first-order valence-electron chi connectivity index (χ1n) is 6.41. The van der Waals surface area contributed by atoms with E-state index in [0.29, 0.717) is 18.2 Å². The summed E-state index contributed by atoms with van der Waals surface area (Å²) in [4.78, 5) is 14.6. The second-order valence-electron chi connectivity index (χ2n) is 4.53. The monoisotopic (exact) mass is 273 g/mol. The van der Waals surface area contributed by atoms with Crippen LogP contribution < -0.4 is 10.6 Å². The molecular weight excluding hydrogens is 254 g/mol. The first-order valence-corrected chi connectivity index (χ1v) is 6.41. The molecule has 2 aromatic rings. The number of nitrogens with two attached hydrogens (primary N) is 1. The molecule has 0 aliphatic rings. The number of likely N-dealkylation sites (N-methyl/N-ethyl adjacent to an activating group) is 1. The van der Waals surface area contributed by atoms with Crippen LogP contribution in [0.25, 0.3) is 0 Å². The number of pyridine rings is 1. The second-order valence-corrected chi connectivity index (χ2v) is 4.53. The molecule has 0 atom stereocenters. The van der Waals surface area contributed by atoms with Gasteiger partial charge in [0.05, 0.1) is 0 Å². The van der Waals surface area contributed by atoms with E-state index in [4.69, 9.17) is 10.5 Å². The number of aromatic nitrogens is 3. The summed E-state index contributed by atoms with van der Waals surface area (Å²) in [5, 5.41) is 0. The zero-order valence-corrected chi connectivity index (χ0v) is 11.8. The number of nitrogen functional groups attached to an aromatic ring is 1. The molecule has 2 aromatic heterocycles. The van der Waals surface area contributed by atoms with Gasteiger partial charge in [0.1, 0.15) is 18.2 Å². The molecule has 2 rings (SSSR count). The highest BCUT2D eigenvalue weighted by molar-refractivity contribution is 5.46. The fraction of sp³-hybridized carbons (Fsp3) is 0.357. The summed E-state index contributed by atoms with van der Waals surface area (Å²) in [6, 6.07) is 5.79. The van der Waals surface area contributed by atoms with Gasteiger partial charge >= 0.3 is 0 Å². The van der Waals surface area contributed by atoms with Crippen molar-refractivity contribution in [3.63, 3.8) is 0 Å². The maximum Gasteiger partial charge on any atom is 0.158 e. The standard InChI is InChI=1S/C14H19N5O/c1-19(8-5-11-3-6-16-7-4-11)14-9-12(15)17-13(18-14)10-20-2/h3-4,6-7,9H,5,8,10H2,1-2H3,(H2,15,17,18). The molecule has 6 nitrogen and oxygen atoms in total. The van der Waals surface area contributed by atoms with Crippen LogP contribution >= 0.6 is 0 Å². The van der Waals surface area contributed by atoms with Crippen molar-refractivity contribution in [1.82, 2.24) is 15.0 Å². The van der Waals surface area contributed by atoms with Crippen LogP contribution in [0.3, 0.4) is 0 Å². The van der Waals surface area contributed by atoms with Gasteiger partial charge < -0.3 is 15.4 Å². The van der Waals surface area contributed by atoms with Gasteiger partial charge in [0.25, 0.3) is 0 Å². The Morgan fingerprint density at radius 3 is 2.70 bits per heavy atom. The second kappa shape index (κ2) is 6.81. The van der Waals surface area contributed by atoms with E-state index < -0.39 is 0 Å². The number of hydrogen-bond acceptors (Lipinski definition) is 6. The molecule has 2 N–H and O–H groups in total. The molecule has 6 heteroatoms. The molecule has 0 radical (unpaired) electrons. The number of rotatable bonds is 6. The van der Waals surface area contributed by atoms with Gasteiger partial charge in [-0.05, 0) is 24.1 Å². The lowest BCUT2D eigenvalue weighted by atomic mass is 10.2. The molecule has 0 aliphatic carbocycles.